The first-order valence-corrected chi connectivity index (χ1v) is 31.4. The Kier molecular flexibility index (Phi) is 22.0. The van der Waals surface area contributed by atoms with Gasteiger partial charge >= 0.3 is 0 Å². The fourth-order valence-corrected chi connectivity index (χ4v) is 17.5. The van der Waals surface area contributed by atoms with Gasteiger partial charge in [-0.3, -0.25) is 0 Å². The molecule has 4 saturated carbocycles. The Morgan fingerprint density at radius 2 is 0.943 bits per heavy atom. The molecule has 10 aliphatic rings. The normalized spacial score (nSPS) is 55.1. The van der Waals surface area contributed by atoms with E-state index in [4.69, 9.17) is 56.8 Å². The summed E-state index contributed by atoms with van der Waals surface area (Å²) in [6, 6.07) is 0. The van der Waals surface area contributed by atoms with Crippen LogP contribution in [-0.2, 0) is 56.8 Å². The number of hydrogen-bond donors (Lipinski definition) is 18. The monoisotopic (exact) mass is 1270 g/mol. The minimum atomic E-state index is -2.08. The zero-order valence-electron chi connectivity index (χ0n) is 50.3. The molecular weight excluding hydrogens is 1180 g/mol. The van der Waals surface area contributed by atoms with Crippen LogP contribution in [0.1, 0.15) is 85.5 Å². The minimum absolute atomic E-state index is 0.0181. The van der Waals surface area contributed by atoms with Crippen LogP contribution in [0.4, 0.5) is 0 Å². The molecule has 510 valence electrons. The molecule has 0 radical (unpaired) electrons. The molecule has 10 rings (SSSR count). The summed E-state index contributed by atoms with van der Waals surface area (Å²) in [6.45, 7) is 4.84. The molecule has 0 aromatic rings. The smallest absolute Gasteiger partial charge is 0.187 e. The van der Waals surface area contributed by atoms with Crippen molar-refractivity contribution in [3.63, 3.8) is 0 Å². The standard InChI is InChI=1S/C58H98O30/c1-21(20-78-51-44(73)40(69)36(65)30(15-59)80-51)6-11-58(77-5)22(2)35-29(88-58)14-26-24-13-28(64)27-12-23(7-9-56(27,3)25(24)8-10-57(26,35)4)79-52-47(76)43(72)48(34(19-63)84-52)85-55-50(87-54-46(75)42(71)38(67)32(17-61)82-54)49(39(68)33(18-62)83-55)86-53-45(74)41(70)37(66)31(16-60)81-53/h21-55,59-76H,6-20H2,1-5H3/t21-,22+,23+,24?,25?,26?,27-,28-,29?,30-,31-,32-,33-,34-,35?,36-,37-,38-,39-,40+,41+,42+,43-,44-,45-,46-,47-,48+,49+,50-,51-,52-,53+,54+,55+,56-,57+,58-/m1/s1. The third-order valence-corrected chi connectivity index (χ3v) is 22.5. The van der Waals surface area contributed by atoms with Crippen molar-refractivity contribution < 1.29 is 149 Å². The fraction of sp³-hybridized carbons (Fsp3) is 1.00. The van der Waals surface area contributed by atoms with Crippen molar-refractivity contribution in [2.45, 2.75) is 263 Å². The van der Waals surface area contributed by atoms with E-state index in [0.717, 1.165) is 19.3 Å². The fourth-order valence-electron chi connectivity index (χ4n) is 17.5. The Labute approximate surface area is 509 Å². The van der Waals surface area contributed by atoms with Crippen LogP contribution in [0.3, 0.4) is 0 Å². The van der Waals surface area contributed by atoms with Gasteiger partial charge in [-0.15, -0.1) is 0 Å². The summed E-state index contributed by atoms with van der Waals surface area (Å²) in [5, 5.41) is 194. The van der Waals surface area contributed by atoms with Crippen molar-refractivity contribution >= 4 is 0 Å². The van der Waals surface area contributed by atoms with Gasteiger partial charge in [0.1, 0.15) is 122 Å². The third-order valence-electron chi connectivity index (χ3n) is 22.5. The van der Waals surface area contributed by atoms with Gasteiger partial charge in [0, 0.05) is 19.4 Å². The van der Waals surface area contributed by atoms with Crippen LogP contribution < -0.4 is 0 Å². The molecule has 4 aliphatic carbocycles. The van der Waals surface area contributed by atoms with Crippen LogP contribution in [0.5, 0.6) is 0 Å². The molecule has 5 unspecified atom stereocenters. The second kappa shape index (κ2) is 27.9. The average Bonchev–Trinajstić information content (AvgIpc) is 1.47. The molecular formula is C58H98O30. The highest BCUT2D eigenvalue weighted by atomic mass is 16.8. The Morgan fingerprint density at radius 1 is 0.466 bits per heavy atom. The number of rotatable bonds is 20. The van der Waals surface area contributed by atoms with E-state index in [2.05, 4.69) is 20.8 Å². The molecule has 0 aromatic heterocycles. The molecule has 18 N–H and O–H groups in total. The molecule has 0 bridgehead atoms. The molecule has 0 spiro atoms. The van der Waals surface area contributed by atoms with Crippen molar-refractivity contribution in [3.8, 4) is 0 Å². The Bertz CT molecular complexity index is 2240. The maximum absolute atomic E-state index is 12.3. The van der Waals surface area contributed by atoms with E-state index in [-0.39, 0.29) is 65.0 Å². The third kappa shape index (κ3) is 12.6. The number of methoxy groups -OCH3 is 1. The second-order valence-corrected chi connectivity index (χ2v) is 27.4. The number of fused-ring (bicyclic) bond motifs is 7. The van der Waals surface area contributed by atoms with Crippen LogP contribution in [0.25, 0.3) is 0 Å². The maximum Gasteiger partial charge on any atom is 0.187 e. The SMILES string of the molecule is CO[C@]1(CC[C@@H](C)CO[C@@H]2O[C@H](CO)[C@@H](O)[C@H](O)[C@H]2O)OC2CC3C4C[C@@H](O)[C@H]5C[C@@H](O[C@@H]6O[C@H](CO)[C@H](O[C@@H]7O[C@H](CO)[C@@H](O)[C@H](O[C@@H]8O[C@H](CO)[C@@H](O)[C@H](O)[C@H]8O)[C@H]7O[C@@H]7O[C@H](CO)[C@@H](O)[C@H](O)[C@H]7O)[C@H](O)[C@H]6O)CC[C@]5(C)C4CC[C@]3(C)C2[C@@H]1C. The van der Waals surface area contributed by atoms with Gasteiger partial charge in [-0.25, -0.2) is 0 Å². The van der Waals surface area contributed by atoms with Gasteiger partial charge in [-0.2, -0.15) is 0 Å². The lowest BCUT2D eigenvalue weighted by molar-refractivity contribution is -0.406. The van der Waals surface area contributed by atoms with Crippen molar-refractivity contribution in [2.24, 2.45) is 52.3 Å². The van der Waals surface area contributed by atoms with E-state index in [0.29, 0.717) is 38.5 Å². The lowest BCUT2D eigenvalue weighted by atomic mass is 9.43. The molecule has 0 aromatic carbocycles. The first-order valence-electron chi connectivity index (χ1n) is 31.4. The quantitative estimate of drug-likeness (QED) is 0.0504. The molecule has 6 saturated heterocycles. The van der Waals surface area contributed by atoms with Crippen LogP contribution in [-0.4, -0.2) is 316 Å². The molecule has 88 heavy (non-hydrogen) atoms. The summed E-state index contributed by atoms with van der Waals surface area (Å²) in [6.07, 6.45) is -39.2. The Hall–Kier alpha value is -1.20. The average molecular weight is 1280 g/mol. The molecule has 6 aliphatic heterocycles. The molecule has 0 amide bonds. The van der Waals surface area contributed by atoms with Crippen molar-refractivity contribution in [2.75, 3.05) is 46.8 Å². The summed E-state index contributed by atoms with van der Waals surface area (Å²) in [5.41, 5.74) is -0.409. The first kappa shape index (κ1) is 69.6. The van der Waals surface area contributed by atoms with Crippen molar-refractivity contribution in [1.29, 1.82) is 0 Å². The second-order valence-electron chi connectivity index (χ2n) is 27.4. The van der Waals surface area contributed by atoms with Gasteiger partial charge in [0.15, 0.2) is 37.2 Å². The molecule has 30 nitrogen and oxygen atoms in total. The maximum atomic E-state index is 12.3. The summed E-state index contributed by atoms with van der Waals surface area (Å²) >= 11 is 0. The van der Waals surface area contributed by atoms with Crippen LogP contribution in [0.2, 0.25) is 0 Å². The molecule has 30 heteroatoms. The summed E-state index contributed by atoms with van der Waals surface area (Å²) in [7, 11) is 1.68. The van der Waals surface area contributed by atoms with Gasteiger partial charge < -0.3 is 149 Å². The highest BCUT2D eigenvalue weighted by molar-refractivity contribution is 5.16. The predicted octanol–water partition coefficient (Wildman–Crippen LogP) is -6.51. The van der Waals surface area contributed by atoms with E-state index in [1.165, 1.54) is 0 Å². The Morgan fingerprint density at radius 3 is 1.51 bits per heavy atom. The first-order chi connectivity index (χ1) is 41.7. The highest BCUT2D eigenvalue weighted by Gasteiger charge is 2.70. The van der Waals surface area contributed by atoms with Crippen LogP contribution in [0.15, 0.2) is 0 Å². The van der Waals surface area contributed by atoms with Crippen molar-refractivity contribution in [1.82, 2.24) is 0 Å². The summed E-state index contributed by atoms with van der Waals surface area (Å²) in [4.78, 5) is 0. The van der Waals surface area contributed by atoms with Crippen LogP contribution in [0, 0.1) is 52.3 Å². The zero-order chi connectivity index (χ0) is 63.8. The molecule has 6 heterocycles. The summed E-state index contributed by atoms with van der Waals surface area (Å²) < 4.78 is 72.7. The predicted molar refractivity (Wildman–Crippen MR) is 290 cm³/mol. The van der Waals surface area contributed by atoms with Gasteiger partial charge in [-0.1, -0.05) is 27.7 Å². The highest BCUT2D eigenvalue weighted by Crippen LogP contribution is 2.71. The minimum Gasteiger partial charge on any atom is -0.394 e. The van der Waals surface area contributed by atoms with Crippen LogP contribution >= 0.6 is 0 Å². The largest absolute Gasteiger partial charge is 0.394 e. The number of aliphatic hydroxyl groups excluding tert-OH is 18. The van der Waals surface area contributed by atoms with Gasteiger partial charge in [-0.05, 0) is 97.7 Å². The number of ether oxygens (including phenoxy) is 12. The number of aliphatic hydroxyl groups is 18. The van der Waals surface area contributed by atoms with Crippen molar-refractivity contribution in [3.05, 3.63) is 0 Å². The van der Waals surface area contributed by atoms with Gasteiger partial charge in [0.05, 0.1) is 58.0 Å². The van der Waals surface area contributed by atoms with E-state index in [1.54, 1.807) is 7.11 Å². The zero-order valence-corrected chi connectivity index (χ0v) is 50.3. The van der Waals surface area contributed by atoms with E-state index in [9.17, 15) is 91.9 Å². The lowest BCUT2D eigenvalue weighted by Crippen LogP contribution is -2.68. The van der Waals surface area contributed by atoms with Gasteiger partial charge in [0.25, 0.3) is 0 Å². The number of hydrogen-bond acceptors (Lipinski definition) is 30. The topological polar surface area (TPSA) is 475 Å². The van der Waals surface area contributed by atoms with E-state index < -0.39 is 205 Å². The van der Waals surface area contributed by atoms with Gasteiger partial charge in [0.2, 0.25) is 0 Å². The van der Waals surface area contributed by atoms with E-state index >= 15 is 0 Å². The summed E-state index contributed by atoms with van der Waals surface area (Å²) in [5.74, 6) is -0.198. The lowest BCUT2D eigenvalue weighted by Gasteiger charge is -2.62. The molecule has 10 fully saturated rings. The molecule has 38 atom stereocenters. The van der Waals surface area contributed by atoms with E-state index in [1.807, 2.05) is 6.92 Å². The Balaban J connectivity index is 0.782.